The lowest BCUT2D eigenvalue weighted by atomic mass is 10.1. The summed E-state index contributed by atoms with van der Waals surface area (Å²) in [6, 6.07) is 9.22. The molecule has 7 nitrogen and oxygen atoms in total. The number of methoxy groups -OCH3 is 1. The predicted molar refractivity (Wildman–Crippen MR) is 92.6 cm³/mol. The fourth-order valence-electron chi connectivity index (χ4n) is 2.09. The third-order valence-corrected chi connectivity index (χ3v) is 5.00. The zero-order chi connectivity index (χ0) is 19.3. The number of anilines is 1. The Morgan fingerprint density at radius 1 is 1.08 bits per heavy atom. The first-order valence-corrected chi connectivity index (χ1v) is 8.99. The summed E-state index contributed by atoms with van der Waals surface area (Å²) < 4.78 is 44.2. The van der Waals surface area contributed by atoms with Crippen molar-refractivity contribution in [3.05, 3.63) is 59.9 Å². The molecule has 0 spiro atoms. The van der Waals surface area contributed by atoms with E-state index in [0.29, 0.717) is 0 Å². The highest BCUT2D eigenvalue weighted by atomic mass is 32.2. The number of hydrogen-bond donors (Lipinski definition) is 2. The Morgan fingerprint density at radius 2 is 1.69 bits per heavy atom. The highest BCUT2D eigenvalue weighted by Crippen LogP contribution is 2.17. The second-order valence-corrected chi connectivity index (χ2v) is 7.04. The van der Waals surface area contributed by atoms with Crippen LogP contribution in [0.5, 0.6) is 0 Å². The van der Waals surface area contributed by atoms with Crippen molar-refractivity contribution in [2.45, 2.75) is 17.9 Å². The van der Waals surface area contributed by atoms with Crippen LogP contribution >= 0.6 is 0 Å². The normalized spacial score (nSPS) is 12.3. The van der Waals surface area contributed by atoms with Crippen LogP contribution < -0.4 is 10.0 Å². The quantitative estimate of drug-likeness (QED) is 0.746. The number of rotatable bonds is 6. The van der Waals surface area contributed by atoms with Gasteiger partial charge in [0.05, 0.1) is 29.3 Å². The van der Waals surface area contributed by atoms with Crippen LogP contribution in [-0.4, -0.2) is 33.4 Å². The molecule has 0 radical (unpaired) electrons. The molecule has 0 heterocycles. The van der Waals surface area contributed by atoms with Crippen molar-refractivity contribution in [2.24, 2.45) is 0 Å². The molecule has 2 rings (SSSR count). The molecule has 1 unspecified atom stereocenters. The number of esters is 1. The number of carbonyl (C=O) groups is 2. The molecule has 0 fully saturated rings. The Morgan fingerprint density at radius 3 is 2.31 bits per heavy atom. The van der Waals surface area contributed by atoms with Crippen LogP contribution in [0.2, 0.25) is 0 Å². The summed E-state index contributed by atoms with van der Waals surface area (Å²) in [5.74, 6) is -1.89. The number of sulfonamides is 1. The topological polar surface area (TPSA) is 102 Å². The lowest BCUT2D eigenvalue weighted by Crippen LogP contribution is -2.41. The van der Waals surface area contributed by atoms with Crippen molar-refractivity contribution in [2.75, 3.05) is 12.4 Å². The van der Waals surface area contributed by atoms with Crippen LogP contribution in [0, 0.1) is 5.82 Å². The van der Waals surface area contributed by atoms with E-state index in [1.165, 1.54) is 26.2 Å². The molecule has 0 bridgehead atoms. The predicted octanol–water partition coefficient (Wildman–Crippen LogP) is 1.92. The van der Waals surface area contributed by atoms with Gasteiger partial charge in [0.1, 0.15) is 5.82 Å². The average molecular weight is 380 g/mol. The minimum absolute atomic E-state index is 0.136. The van der Waals surface area contributed by atoms with Gasteiger partial charge in [-0.05, 0) is 43.3 Å². The Labute approximate surface area is 150 Å². The summed E-state index contributed by atoms with van der Waals surface area (Å²) in [7, 11) is -2.81. The molecule has 2 N–H and O–H groups in total. The molecule has 0 aliphatic heterocycles. The summed E-state index contributed by atoms with van der Waals surface area (Å²) in [5.41, 5.74) is 0.328. The van der Waals surface area contributed by atoms with Gasteiger partial charge in [0, 0.05) is 0 Å². The first kappa shape index (κ1) is 19.5. The molecule has 1 amide bonds. The Balaban J connectivity index is 2.13. The van der Waals surface area contributed by atoms with Gasteiger partial charge in [0.25, 0.3) is 0 Å². The number of ether oxygens (including phenoxy) is 1. The van der Waals surface area contributed by atoms with Crippen LogP contribution in [0.25, 0.3) is 0 Å². The van der Waals surface area contributed by atoms with Crippen LogP contribution in [0.4, 0.5) is 10.1 Å². The molecule has 0 saturated carbocycles. The van der Waals surface area contributed by atoms with E-state index in [2.05, 4.69) is 14.8 Å². The van der Waals surface area contributed by atoms with Crippen molar-refractivity contribution in [1.82, 2.24) is 4.72 Å². The lowest BCUT2D eigenvalue weighted by molar-refractivity contribution is -0.117. The van der Waals surface area contributed by atoms with E-state index in [4.69, 9.17) is 0 Å². The van der Waals surface area contributed by atoms with Crippen molar-refractivity contribution in [3.63, 3.8) is 0 Å². The average Bonchev–Trinajstić information content (AvgIpc) is 2.61. The number of carbonyl (C=O) groups excluding carboxylic acids is 2. The molecule has 2 aromatic carbocycles. The van der Waals surface area contributed by atoms with E-state index >= 15 is 0 Å². The standard InChI is InChI=1S/C17H17FN2O5S/c1-11(20-26(23,24)13-9-7-12(18)8-10-13)16(21)19-15-6-4-3-5-14(15)17(22)25-2/h3-11,20H,1-2H3,(H,19,21). The molecular weight excluding hydrogens is 363 g/mol. The van der Waals surface area contributed by atoms with Gasteiger partial charge in [-0.3, -0.25) is 4.79 Å². The van der Waals surface area contributed by atoms with Crippen molar-refractivity contribution in [1.29, 1.82) is 0 Å². The van der Waals surface area contributed by atoms with Crippen LogP contribution in [-0.2, 0) is 19.6 Å². The highest BCUT2D eigenvalue weighted by Gasteiger charge is 2.23. The van der Waals surface area contributed by atoms with Gasteiger partial charge in [-0.15, -0.1) is 0 Å². The maximum atomic E-state index is 12.9. The zero-order valence-corrected chi connectivity index (χ0v) is 14.8. The molecular formula is C17H17FN2O5S. The Kier molecular flexibility index (Phi) is 6.06. The van der Waals surface area contributed by atoms with E-state index < -0.39 is 33.8 Å². The molecule has 0 aliphatic carbocycles. The van der Waals surface area contributed by atoms with Crippen molar-refractivity contribution < 1.29 is 27.1 Å². The number of hydrogen-bond acceptors (Lipinski definition) is 5. The largest absolute Gasteiger partial charge is 0.465 e. The Hall–Kier alpha value is -2.78. The summed E-state index contributed by atoms with van der Waals surface area (Å²) in [6.45, 7) is 1.34. The molecule has 2 aromatic rings. The summed E-state index contributed by atoms with van der Waals surface area (Å²) in [6.07, 6.45) is 0. The highest BCUT2D eigenvalue weighted by molar-refractivity contribution is 7.89. The molecule has 26 heavy (non-hydrogen) atoms. The van der Waals surface area contributed by atoms with Gasteiger partial charge in [0.15, 0.2) is 0 Å². The van der Waals surface area contributed by atoms with E-state index in [0.717, 1.165) is 24.3 Å². The van der Waals surface area contributed by atoms with E-state index in [-0.39, 0.29) is 16.1 Å². The van der Waals surface area contributed by atoms with Gasteiger partial charge in [-0.25, -0.2) is 17.6 Å². The van der Waals surface area contributed by atoms with Gasteiger partial charge < -0.3 is 10.1 Å². The van der Waals surface area contributed by atoms with Gasteiger partial charge in [-0.2, -0.15) is 4.72 Å². The number of amides is 1. The SMILES string of the molecule is COC(=O)c1ccccc1NC(=O)C(C)NS(=O)(=O)c1ccc(F)cc1. The molecule has 0 saturated heterocycles. The molecule has 138 valence electrons. The van der Waals surface area contributed by atoms with Gasteiger partial charge >= 0.3 is 5.97 Å². The number of nitrogens with one attached hydrogen (secondary N) is 2. The van der Waals surface area contributed by atoms with Crippen molar-refractivity contribution in [3.8, 4) is 0 Å². The molecule has 1 atom stereocenters. The fourth-order valence-corrected chi connectivity index (χ4v) is 3.29. The zero-order valence-electron chi connectivity index (χ0n) is 14.0. The van der Waals surface area contributed by atoms with E-state index in [1.54, 1.807) is 12.1 Å². The summed E-state index contributed by atoms with van der Waals surface area (Å²) in [4.78, 5) is 23.8. The second-order valence-electron chi connectivity index (χ2n) is 5.32. The van der Waals surface area contributed by atoms with Crippen LogP contribution in [0.15, 0.2) is 53.4 Å². The fraction of sp³-hybridized carbons (Fsp3) is 0.176. The smallest absolute Gasteiger partial charge is 0.339 e. The molecule has 0 aliphatic rings. The molecule has 9 heteroatoms. The first-order valence-electron chi connectivity index (χ1n) is 7.50. The summed E-state index contributed by atoms with van der Waals surface area (Å²) >= 11 is 0. The van der Waals surface area contributed by atoms with E-state index in [1.807, 2.05) is 0 Å². The number of para-hydroxylation sites is 1. The van der Waals surface area contributed by atoms with Gasteiger partial charge in [-0.1, -0.05) is 12.1 Å². The minimum atomic E-state index is -4.01. The van der Waals surface area contributed by atoms with E-state index in [9.17, 15) is 22.4 Å². The van der Waals surface area contributed by atoms with Crippen molar-refractivity contribution >= 4 is 27.6 Å². The van der Waals surface area contributed by atoms with Crippen LogP contribution in [0.1, 0.15) is 17.3 Å². The first-order chi connectivity index (χ1) is 12.2. The van der Waals surface area contributed by atoms with Crippen LogP contribution in [0.3, 0.4) is 0 Å². The maximum Gasteiger partial charge on any atom is 0.339 e. The lowest BCUT2D eigenvalue weighted by Gasteiger charge is -2.16. The Bertz CT molecular complexity index is 913. The third-order valence-electron chi connectivity index (χ3n) is 3.44. The van der Waals surface area contributed by atoms with Gasteiger partial charge in [0.2, 0.25) is 15.9 Å². The third kappa shape index (κ3) is 4.64. The number of halogens is 1. The minimum Gasteiger partial charge on any atom is -0.465 e. The summed E-state index contributed by atoms with van der Waals surface area (Å²) in [5, 5.41) is 2.48. The molecule has 0 aromatic heterocycles. The number of benzene rings is 2. The monoisotopic (exact) mass is 380 g/mol. The second kappa shape index (κ2) is 8.07. The maximum absolute atomic E-state index is 12.9.